The Morgan fingerprint density at radius 2 is 1.96 bits per heavy atom. The summed E-state index contributed by atoms with van der Waals surface area (Å²) in [6, 6.07) is 2.00. The fourth-order valence-electron chi connectivity index (χ4n) is 2.67. The molecule has 0 bridgehead atoms. The zero-order valence-electron chi connectivity index (χ0n) is 14.3. The highest BCUT2D eigenvalue weighted by Crippen LogP contribution is 2.18. The van der Waals surface area contributed by atoms with Gasteiger partial charge in [-0.1, -0.05) is 13.8 Å². The van der Waals surface area contributed by atoms with E-state index in [4.69, 9.17) is 0 Å². The first-order valence-electron chi connectivity index (χ1n) is 8.12. The largest absolute Gasteiger partial charge is 0.353 e. The Labute approximate surface area is 140 Å². The molecule has 1 amide bonds. The molecule has 0 atom stereocenters. The van der Waals surface area contributed by atoms with Crippen molar-refractivity contribution in [2.45, 2.75) is 33.2 Å². The van der Waals surface area contributed by atoms with Gasteiger partial charge in [0, 0.05) is 43.9 Å². The number of aryl methyl sites for hydroxylation is 1. The normalized spacial score (nSPS) is 15.2. The van der Waals surface area contributed by atoms with Crippen molar-refractivity contribution in [3.63, 3.8) is 0 Å². The maximum Gasteiger partial charge on any atom is 0.244 e. The standard InChI is InChI=1S/C15H22N8O/c1-11(2)15-17-12(3)8-13(18-15)21-4-6-22(7-5-21)14(24)9-23-10-16-19-20-23/h8,10-11H,4-7,9H2,1-3H3. The van der Waals surface area contributed by atoms with Gasteiger partial charge in [-0.3, -0.25) is 4.79 Å². The fourth-order valence-corrected chi connectivity index (χ4v) is 2.67. The van der Waals surface area contributed by atoms with Crippen molar-refractivity contribution in [3.8, 4) is 0 Å². The summed E-state index contributed by atoms with van der Waals surface area (Å²) in [6.07, 6.45) is 1.45. The van der Waals surface area contributed by atoms with E-state index in [1.165, 1.54) is 11.0 Å². The summed E-state index contributed by atoms with van der Waals surface area (Å²) < 4.78 is 1.44. The number of nitrogens with zero attached hydrogens (tertiary/aromatic N) is 8. The molecule has 0 aliphatic carbocycles. The van der Waals surface area contributed by atoms with Crippen LogP contribution in [-0.2, 0) is 11.3 Å². The molecule has 0 radical (unpaired) electrons. The molecule has 9 heteroatoms. The maximum atomic E-state index is 12.3. The minimum atomic E-state index is 0.0312. The van der Waals surface area contributed by atoms with Crippen molar-refractivity contribution >= 4 is 11.7 Å². The molecule has 3 rings (SSSR count). The van der Waals surface area contributed by atoms with Gasteiger partial charge in [-0.2, -0.15) is 0 Å². The molecule has 128 valence electrons. The molecule has 2 aromatic rings. The van der Waals surface area contributed by atoms with Gasteiger partial charge in [0.05, 0.1) is 0 Å². The number of piperazine rings is 1. The van der Waals surface area contributed by atoms with Crippen molar-refractivity contribution < 1.29 is 4.79 Å². The van der Waals surface area contributed by atoms with Crippen LogP contribution in [0.1, 0.15) is 31.3 Å². The molecule has 0 aromatic carbocycles. The summed E-state index contributed by atoms with van der Waals surface area (Å²) >= 11 is 0. The molecule has 0 spiro atoms. The number of anilines is 1. The molecule has 1 aliphatic heterocycles. The van der Waals surface area contributed by atoms with Gasteiger partial charge >= 0.3 is 0 Å². The Hall–Kier alpha value is -2.58. The van der Waals surface area contributed by atoms with Gasteiger partial charge in [0.2, 0.25) is 5.91 Å². The third kappa shape index (κ3) is 3.66. The fraction of sp³-hybridized carbons (Fsp3) is 0.600. The van der Waals surface area contributed by atoms with E-state index in [0.717, 1.165) is 30.4 Å². The molecule has 1 fully saturated rings. The van der Waals surface area contributed by atoms with E-state index in [-0.39, 0.29) is 12.5 Å². The molecule has 0 unspecified atom stereocenters. The number of hydrogen-bond donors (Lipinski definition) is 0. The van der Waals surface area contributed by atoms with Crippen molar-refractivity contribution in [2.24, 2.45) is 0 Å². The Morgan fingerprint density at radius 1 is 1.21 bits per heavy atom. The number of aromatic nitrogens is 6. The summed E-state index contributed by atoms with van der Waals surface area (Å²) in [7, 11) is 0. The lowest BCUT2D eigenvalue weighted by Gasteiger charge is -2.35. The summed E-state index contributed by atoms with van der Waals surface area (Å²) in [5, 5.41) is 10.8. The molecule has 2 aromatic heterocycles. The quantitative estimate of drug-likeness (QED) is 0.793. The number of carbonyl (C=O) groups excluding carboxylic acids is 1. The van der Waals surface area contributed by atoms with Crippen LogP contribution in [0.3, 0.4) is 0 Å². The maximum absolute atomic E-state index is 12.3. The summed E-state index contributed by atoms with van der Waals surface area (Å²) in [6.45, 7) is 9.20. The van der Waals surface area contributed by atoms with Crippen LogP contribution in [0.2, 0.25) is 0 Å². The average Bonchev–Trinajstić information content (AvgIpc) is 3.07. The second kappa shape index (κ2) is 6.90. The van der Waals surface area contributed by atoms with E-state index >= 15 is 0 Å². The zero-order chi connectivity index (χ0) is 17.1. The van der Waals surface area contributed by atoms with Crippen LogP contribution in [0.4, 0.5) is 5.82 Å². The first-order valence-corrected chi connectivity index (χ1v) is 8.12. The lowest BCUT2D eigenvalue weighted by atomic mass is 10.2. The molecule has 0 N–H and O–H groups in total. The predicted molar refractivity (Wildman–Crippen MR) is 87.5 cm³/mol. The third-order valence-corrected chi connectivity index (χ3v) is 4.02. The van der Waals surface area contributed by atoms with Gasteiger partial charge in [-0.05, 0) is 17.4 Å². The Morgan fingerprint density at radius 3 is 2.58 bits per heavy atom. The van der Waals surface area contributed by atoms with Crippen LogP contribution in [0.25, 0.3) is 0 Å². The Kier molecular flexibility index (Phi) is 4.68. The van der Waals surface area contributed by atoms with E-state index < -0.39 is 0 Å². The summed E-state index contributed by atoms with van der Waals surface area (Å²) in [5.41, 5.74) is 0.973. The summed E-state index contributed by atoms with van der Waals surface area (Å²) in [5.74, 6) is 2.13. The predicted octanol–water partition coefficient (Wildman–Crippen LogP) is 0.244. The average molecular weight is 330 g/mol. The second-order valence-electron chi connectivity index (χ2n) is 6.26. The molecule has 1 saturated heterocycles. The highest BCUT2D eigenvalue weighted by atomic mass is 16.2. The van der Waals surface area contributed by atoms with Crippen LogP contribution in [-0.4, -0.2) is 67.2 Å². The SMILES string of the molecule is Cc1cc(N2CCN(C(=O)Cn3cnnn3)CC2)nc(C(C)C)n1. The number of tetrazole rings is 1. The molecule has 3 heterocycles. The molecule has 0 saturated carbocycles. The third-order valence-electron chi connectivity index (χ3n) is 4.02. The summed E-state index contributed by atoms with van der Waals surface area (Å²) in [4.78, 5) is 25.5. The van der Waals surface area contributed by atoms with Gasteiger partial charge < -0.3 is 9.80 Å². The van der Waals surface area contributed by atoms with Gasteiger partial charge in [0.25, 0.3) is 0 Å². The highest BCUT2D eigenvalue weighted by Gasteiger charge is 2.23. The topological polar surface area (TPSA) is 92.9 Å². The number of carbonyl (C=O) groups is 1. The molecule has 1 aliphatic rings. The Bertz CT molecular complexity index is 692. The van der Waals surface area contributed by atoms with E-state index in [1.807, 2.05) is 17.9 Å². The number of rotatable bonds is 4. The number of hydrogen-bond acceptors (Lipinski definition) is 7. The van der Waals surface area contributed by atoms with E-state index in [2.05, 4.69) is 44.2 Å². The zero-order valence-corrected chi connectivity index (χ0v) is 14.3. The first kappa shape index (κ1) is 16.3. The van der Waals surface area contributed by atoms with E-state index in [0.29, 0.717) is 19.0 Å². The van der Waals surface area contributed by atoms with E-state index in [1.54, 1.807) is 0 Å². The molecular weight excluding hydrogens is 308 g/mol. The second-order valence-corrected chi connectivity index (χ2v) is 6.26. The minimum absolute atomic E-state index is 0.0312. The van der Waals surface area contributed by atoms with Crippen molar-refractivity contribution in [1.29, 1.82) is 0 Å². The minimum Gasteiger partial charge on any atom is -0.353 e. The van der Waals surface area contributed by atoms with Gasteiger partial charge in [-0.25, -0.2) is 14.6 Å². The van der Waals surface area contributed by atoms with Crippen LogP contribution < -0.4 is 4.90 Å². The van der Waals surface area contributed by atoms with Gasteiger partial charge in [0.15, 0.2) is 0 Å². The van der Waals surface area contributed by atoms with Gasteiger partial charge in [-0.15, -0.1) is 5.10 Å². The van der Waals surface area contributed by atoms with E-state index in [9.17, 15) is 4.79 Å². The number of amides is 1. The van der Waals surface area contributed by atoms with Crippen LogP contribution >= 0.6 is 0 Å². The highest BCUT2D eigenvalue weighted by molar-refractivity contribution is 5.76. The monoisotopic (exact) mass is 330 g/mol. The van der Waals surface area contributed by atoms with Crippen LogP contribution in [0, 0.1) is 6.92 Å². The Balaban J connectivity index is 1.61. The van der Waals surface area contributed by atoms with Crippen LogP contribution in [0.15, 0.2) is 12.4 Å². The lowest BCUT2D eigenvalue weighted by Crippen LogP contribution is -2.50. The lowest BCUT2D eigenvalue weighted by molar-refractivity contribution is -0.132. The smallest absolute Gasteiger partial charge is 0.244 e. The van der Waals surface area contributed by atoms with Gasteiger partial charge in [0.1, 0.15) is 24.5 Å². The first-order chi connectivity index (χ1) is 11.5. The van der Waals surface area contributed by atoms with Crippen molar-refractivity contribution in [1.82, 2.24) is 35.1 Å². The molecule has 24 heavy (non-hydrogen) atoms. The van der Waals surface area contributed by atoms with Crippen LogP contribution in [0.5, 0.6) is 0 Å². The molecule has 9 nitrogen and oxygen atoms in total. The molecular formula is C15H22N8O. The van der Waals surface area contributed by atoms with Crippen molar-refractivity contribution in [2.75, 3.05) is 31.1 Å². The van der Waals surface area contributed by atoms with Crippen molar-refractivity contribution in [3.05, 3.63) is 23.9 Å².